The van der Waals surface area contributed by atoms with Crippen molar-refractivity contribution in [3.8, 4) is 5.75 Å². The standard InChI is InChI=1S/C27H24FNO4/c1-17-8-13-22(33-2)21(16-17)25(30)23-24(19-6-4-3-5-7-19)29(27(32)26(23)31)15-14-18-9-11-20(28)12-10-18/h3-13,16,24,30H,14-15H2,1-2H3/b25-23+. The van der Waals surface area contributed by atoms with E-state index in [-0.39, 0.29) is 23.7 Å². The molecular weight excluding hydrogens is 421 g/mol. The first kappa shape index (κ1) is 22.3. The Balaban J connectivity index is 1.80. The molecule has 6 heteroatoms. The molecule has 1 amide bonds. The van der Waals surface area contributed by atoms with E-state index >= 15 is 0 Å². The average molecular weight is 445 g/mol. The second-order valence-electron chi connectivity index (χ2n) is 7.98. The molecule has 1 aliphatic rings. The van der Waals surface area contributed by atoms with Gasteiger partial charge >= 0.3 is 0 Å². The molecule has 3 aromatic carbocycles. The Morgan fingerprint density at radius 2 is 1.73 bits per heavy atom. The van der Waals surface area contributed by atoms with Crippen molar-refractivity contribution in [2.45, 2.75) is 19.4 Å². The number of carbonyl (C=O) groups excluding carboxylic acids is 2. The average Bonchev–Trinajstić information content (AvgIpc) is 3.08. The van der Waals surface area contributed by atoms with Gasteiger partial charge in [-0.1, -0.05) is 54.1 Å². The molecular formula is C27H24FNO4. The number of Topliss-reactive ketones (excluding diaryl/α,β-unsaturated/α-hetero) is 1. The third-order valence-electron chi connectivity index (χ3n) is 5.82. The highest BCUT2D eigenvalue weighted by Gasteiger charge is 2.46. The molecule has 1 heterocycles. The number of aryl methyl sites for hydroxylation is 1. The van der Waals surface area contributed by atoms with Crippen LogP contribution in [-0.2, 0) is 16.0 Å². The minimum atomic E-state index is -0.753. The third kappa shape index (κ3) is 4.37. The van der Waals surface area contributed by atoms with Gasteiger partial charge in [-0.15, -0.1) is 0 Å². The maximum atomic E-state index is 13.3. The van der Waals surface area contributed by atoms with Crippen LogP contribution in [0.4, 0.5) is 4.39 Å². The molecule has 1 atom stereocenters. The molecule has 1 fully saturated rings. The zero-order chi connectivity index (χ0) is 23.5. The molecule has 5 nitrogen and oxygen atoms in total. The fourth-order valence-corrected chi connectivity index (χ4v) is 4.15. The molecule has 1 N–H and O–H groups in total. The van der Waals surface area contributed by atoms with Gasteiger partial charge in [0, 0.05) is 6.54 Å². The number of halogens is 1. The highest BCUT2D eigenvalue weighted by molar-refractivity contribution is 6.46. The maximum absolute atomic E-state index is 13.3. The number of nitrogens with zero attached hydrogens (tertiary/aromatic N) is 1. The third-order valence-corrected chi connectivity index (χ3v) is 5.82. The van der Waals surface area contributed by atoms with Crippen molar-refractivity contribution in [2.24, 2.45) is 0 Å². The van der Waals surface area contributed by atoms with Crippen LogP contribution in [0.1, 0.15) is 28.3 Å². The van der Waals surface area contributed by atoms with Crippen LogP contribution in [0.15, 0.2) is 78.4 Å². The van der Waals surface area contributed by atoms with Crippen molar-refractivity contribution < 1.29 is 23.8 Å². The summed E-state index contributed by atoms with van der Waals surface area (Å²) in [6, 6.07) is 19.7. The van der Waals surface area contributed by atoms with E-state index in [2.05, 4.69) is 0 Å². The lowest BCUT2D eigenvalue weighted by Gasteiger charge is -2.25. The number of benzene rings is 3. The summed E-state index contributed by atoms with van der Waals surface area (Å²) in [6.45, 7) is 2.10. The van der Waals surface area contributed by atoms with Gasteiger partial charge in [0.15, 0.2) is 0 Å². The lowest BCUT2D eigenvalue weighted by Crippen LogP contribution is -2.31. The van der Waals surface area contributed by atoms with Crippen LogP contribution < -0.4 is 4.74 Å². The molecule has 0 aromatic heterocycles. The summed E-state index contributed by atoms with van der Waals surface area (Å²) < 4.78 is 18.7. The summed E-state index contributed by atoms with van der Waals surface area (Å²) in [4.78, 5) is 27.7. The lowest BCUT2D eigenvalue weighted by atomic mass is 9.94. The highest BCUT2D eigenvalue weighted by Crippen LogP contribution is 2.41. The van der Waals surface area contributed by atoms with E-state index in [1.807, 2.05) is 43.3 Å². The zero-order valence-electron chi connectivity index (χ0n) is 18.4. The van der Waals surface area contributed by atoms with Crippen molar-refractivity contribution in [2.75, 3.05) is 13.7 Å². The zero-order valence-corrected chi connectivity index (χ0v) is 18.4. The van der Waals surface area contributed by atoms with E-state index in [1.165, 1.54) is 24.1 Å². The Hall–Kier alpha value is -3.93. The maximum Gasteiger partial charge on any atom is 0.295 e. The van der Waals surface area contributed by atoms with Gasteiger partial charge in [0.2, 0.25) is 0 Å². The Morgan fingerprint density at radius 1 is 1.03 bits per heavy atom. The smallest absolute Gasteiger partial charge is 0.295 e. The van der Waals surface area contributed by atoms with Gasteiger partial charge in [0.1, 0.15) is 17.3 Å². The molecule has 168 valence electrons. The van der Waals surface area contributed by atoms with Gasteiger partial charge in [-0.05, 0) is 48.7 Å². The van der Waals surface area contributed by atoms with Crippen LogP contribution in [0.2, 0.25) is 0 Å². The number of methoxy groups -OCH3 is 1. The van der Waals surface area contributed by atoms with E-state index in [0.717, 1.165) is 11.1 Å². The molecule has 0 spiro atoms. The van der Waals surface area contributed by atoms with E-state index in [9.17, 15) is 19.1 Å². The number of carbonyl (C=O) groups is 2. The second kappa shape index (κ2) is 9.28. The van der Waals surface area contributed by atoms with Gasteiger partial charge < -0.3 is 14.7 Å². The van der Waals surface area contributed by atoms with E-state index in [1.54, 1.807) is 24.3 Å². The monoisotopic (exact) mass is 445 g/mol. The SMILES string of the molecule is COc1ccc(C)cc1/C(O)=C1\C(=O)C(=O)N(CCc2ccc(F)cc2)C1c1ccccc1. The lowest BCUT2D eigenvalue weighted by molar-refractivity contribution is -0.139. The minimum absolute atomic E-state index is 0.0224. The Bertz CT molecular complexity index is 1220. The fourth-order valence-electron chi connectivity index (χ4n) is 4.15. The Labute approximate surface area is 191 Å². The van der Waals surface area contributed by atoms with Crippen LogP contribution in [0, 0.1) is 12.7 Å². The number of hydrogen-bond acceptors (Lipinski definition) is 4. The Kier molecular flexibility index (Phi) is 6.27. The molecule has 1 unspecified atom stereocenters. The van der Waals surface area contributed by atoms with E-state index in [4.69, 9.17) is 4.74 Å². The number of amides is 1. The van der Waals surface area contributed by atoms with Crippen LogP contribution in [0.5, 0.6) is 5.75 Å². The fraction of sp³-hybridized carbons (Fsp3) is 0.185. The first-order valence-electron chi connectivity index (χ1n) is 10.6. The van der Waals surface area contributed by atoms with Crippen molar-refractivity contribution in [1.82, 2.24) is 4.90 Å². The summed E-state index contributed by atoms with van der Waals surface area (Å²) in [5, 5.41) is 11.3. The van der Waals surface area contributed by atoms with Gasteiger partial charge in [-0.25, -0.2) is 4.39 Å². The largest absolute Gasteiger partial charge is 0.507 e. The van der Waals surface area contributed by atoms with E-state index < -0.39 is 17.7 Å². The number of ether oxygens (including phenoxy) is 1. The minimum Gasteiger partial charge on any atom is -0.507 e. The topological polar surface area (TPSA) is 66.8 Å². The van der Waals surface area contributed by atoms with Crippen LogP contribution in [-0.4, -0.2) is 35.4 Å². The van der Waals surface area contributed by atoms with Crippen molar-refractivity contribution in [1.29, 1.82) is 0 Å². The predicted octanol–water partition coefficient (Wildman–Crippen LogP) is 4.81. The molecule has 0 bridgehead atoms. The molecule has 4 rings (SSSR count). The van der Waals surface area contributed by atoms with Gasteiger partial charge in [0.05, 0.1) is 24.3 Å². The van der Waals surface area contributed by atoms with Crippen molar-refractivity contribution in [3.63, 3.8) is 0 Å². The van der Waals surface area contributed by atoms with E-state index in [0.29, 0.717) is 23.3 Å². The van der Waals surface area contributed by atoms with Gasteiger partial charge in [0.25, 0.3) is 11.7 Å². The first-order chi connectivity index (χ1) is 15.9. The number of hydrogen-bond donors (Lipinski definition) is 1. The summed E-state index contributed by atoms with van der Waals surface area (Å²) >= 11 is 0. The van der Waals surface area contributed by atoms with Crippen molar-refractivity contribution in [3.05, 3.63) is 106 Å². The molecule has 1 saturated heterocycles. The normalized spacial score (nSPS) is 17.4. The summed E-state index contributed by atoms with van der Waals surface area (Å²) in [7, 11) is 1.48. The Morgan fingerprint density at radius 3 is 2.39 bits per heavy atom. The van der Waals surface area contributed by atoms with Gasteiger partial charge in [-0.3, -0.25) is 9.59 Å². The van der Waals surface area contributed by atoms with Crippen LogP contribution >= 0.6 is 0 Å². The molecule has 0 saturated carbocycles. The number of rotatable bonds is 6. The van der Waals surface area contributed by atoms with Crippen LogP contribution in [0.3, 0.4) is 0 Å². The molecule has 0 radical (unpaired) electrons. The highest BCUT2D eigenvalue weighted by atomic mass is 19.1. The van der Waals surface area contributed by atoms with Crippen LogP contribution in [0.25, 0.3) is 5.76 Å². The summed E-state index contributed by atoms with van der Waals surface area (Å²) in [5.74, 6) is -1.63. The number of ketones is 1. The molecule has 1 aliphatic heterocycles. The molecule has 0 aliphatic carbocycles. The van der Waals surface area contributed by atoms with Gasteiger partial charge in [-0.2, -0.15) is 0 Å². The number of aliphatic hydroxyl groups excluding tert-OH is 1. The second-order valence-corrected chi connectivity index (χ2v) is 7.98. The molecule has 33 heavy (non-hydrogen) atoms. The predicted molar refractivity (Wildman–Crippen MR) is 123 cm³/mol. The first-order valence-corrected chi connectivity index (χ1v) is 10.6. The quantitative estimate of drug-likeness (QED) is 0.336. The summed E-state index contributed by atoms with van der Waals surface area (Å²) in [5.41, 5.74) is 2.80. The summed E-state index contributed by atoms with van der Waals surface area (Å²) in [6.07, 6.45) is 0.435. The molecule has 3 aromatic rings. The number of aliphatic hydroxyl groups is 1. The van der Waals surface area contributed by atoms with Crippen molar-refractivity contribution >= 4 is 17.4 Å². The number of likely N-dealkylation sites (tertiary alicyclic amines) is 1.